The monoisotopic (exact) mass is 546 g/mol. The van der Waals surface area contributed by atoms with Gasteiger partial charge in [0.25, 0.3) is 5.91 Å². The van der Waals surface area contributed by atoms with Gasteiger partial charge in [-0.2, -0.15) is 5.10 Å². The fraction of sp³-hybridized carbons (Fsp3) is 0.304. The Morgan fingerprint density at radius 3 is 2.75 bits per heavy atom. The van der Waals surface area contributed by atoms with E-state index in [0.717, 1.165) is 16.0 Å². The number of halogens is 1. The molecule has 1 atom stereocenters. The molecule has 4 aromatic heterocycles. The molecule has 1 aliphatic carbocycles. The maximum atomic E-state index is 13.1. The van der Waals surface area contributed by atoms with Crippen LogP contribution < -0.4 is 10.0 Å². The first-order valence-electron chi connectivity index (χ1n) is 11.1. The van der Waals surface area contributed by atoms with Crippen LogP contribution in [0.2, 0.25) is 5.02 Å². The highest BCUT2D eigenvalue weighted by Crippen LogP contribution is 2.33. The van der Waals surface area contributed by atoms with Crippen molar-refractivity contribution in [2.75, 3.05) is 4.72 Å². The summed E-state index contributed by atoms with van der Waals surface area (Å²) in [7, 11) is -3.47. The van der Waals surface area contributed by atoms with Gasteiger partial charge in [-0.1, -0.05) is 11.6 Å². The number of hydrogen-bond donors (Lipinski definition) is 3. The van der Waals surface area contributed by atoms with E-state index in [-0.39, 0.29) is 10.3 Å². The third kappa shape index (κ3) is 5.07. The van der Waals surface area contributed by atoms with Crippen molar-refractivity contribution in [3.63, 3.8) is 0 Å². The molecule has 10 nitrogen and oxygen atoms in total. The molecule has 0 bridgehead atoms. The third-order valence-corrected chi connectivity index (χ3v) is 8.86. The number of carbonyl (C=O) groups excluding carboxylic acids is 1. The second kappa shape index (κ2) is 9.11. The minimum Gasteiger partial charge on any atom is -0.388 e. The zero-order valence-corrected chi connectivity index (χ0v) is 21.7. The zero-order chi connectivity index (χ0) is 25.7. The van der Waals surface area contributed by atoms with Gasteiger partial charge < -0.3 is 10.4 Å². The molecule has 0 aromatic carbocycles. The summed E-state index contributed by atoms with van der Waals surface area (Å²) in [5.41, 5.74) is 0.780. The van der Waals surface area contributed by atoms with Gasteiger partial charge >= 0.3 is 0 Å². The molecular weight excluding hydrogens is 524 g/mol. The van der Waals surface area contributed by atoms with Crippen molar-refractivity contribution in [3.05, 3.63) is 64.8 Å². The number of thiazole rings is 1. The highest BCUT2D eigenvalue weighted by molar-refractivity contribution is 7.93. The lowest BCUT2D eigenvalue weighted by Gasteiger charge is -2.29. The smallest absolute Gasteiger partial charge is 0.280 e. The van der Waals surface area contributed by atoms with Crippen LogP contribution in [-0.4, -0.2) is 49.9 Å². The molecule has 0 radical (unpaired) electrons. The van der Waals surface area contributed by atoms with Gasteiger partial charge in [-0.15, -0.1) is 11.3 Å². The summed E-state index contributed by atoms with van der Waals surface area (Å²) in [4.78, 5) is 22.4. The first-order valence-corrected chi connectivity index (χ1v) is 13.9. The van der Waals surface area contributed by atoms with E-state index in [1.165, 1.54) is 43.5 Å². The van der Waals surface area contributed by atoms with E-state index in [1.54, 1.807) is 35.2 Å². The molecule has 5 rings (SSSR count). The van der Waals surface area contributed by atoms with Gasteiger partial charge in [-0.05, 0) is 51.0 Å². The Morgan fingerprint density at radius 2 is 2.03 bits per heavy atom. The number of rotatable bonds is 8. The number of fused-ring (bicyclic) bond motifs is 1. The van der Waals surface area contributed by atoms with Crippen LogP contribution in [0, 0.1) is 0 Å². The third-order valence-electron chi connectivity index (χ3n) is 5.73. The summed E-state index contributed by atoms with van der Waals surface area (Å²) in [6.45, 7) is 3.08. The molecule has 1 fully saturated rings. The van der Waals surface area contributed by atoms with Gasteiger partial charge in [0.2, 0.25) is 10.0 Å². The Hall–Kier alpha value is -3.06. The van der Waals surface area contributed by atoms with Crippen LogP contribution in [0.1, 0.15) is 48.2 Å². The van der Waals surface area contributed by atoms with Crippen molar-refractivity contribution < 1.29 is 18.3 Å². The lowest BCUT2D eigenvalue weighted by molar-refractivity contribution is 0.0330. The Bertz CT molecular complexity index is 1560. The maximum absolute atomic E-state index is 13.1. The summed E-state index contributed by atoms with van der Waals surface area (Å²) in [5.74, 6) is -0.501. The average molecular weight is 547 g/mol. The number of carbonyl (C=O) groups is 1. The number of aliphatic hydroxyl groups is 1. The van der Waals surface area contributed by atoms with Gasteiger partial charge in [-0.25, -0.2) is 17.9 Å². The number of aromatic nitrogens is 4. The molecule has 4 heterocycles. The molecule has 1 amide bonds. The summed E-state index contributed by atoms with van der Waals surface area (Å²) in [6, 6.07) is 5.62. The van der Waals surface area contributed by atoms with Crippen LogP contribution in [0.3, 0.4) is 0 Å². The van der Waals surface area contributed by atoms with E-state index in [1.807, 2.05) is 0 Å². The van der Waals surface area contributed by atoms with Crippen LogP contribution in [-0.2, 0) is 10.0 Å². The van der Waals surface area contributed by atoms with Crippen molar-refractivity contribution in [3.8, 4) is 10.4 Å². The molecule has 188 valence electrons. The minimum atomic E-state index is -3.47. The van der Waals surface area contributed by atoms with E-state index in [4.69, 9.17) is 11.6 Å². The molecule has 0 spiro atoms. The van der Waals surface area contributed by atoms with E-state index in [0.29, 0.717) is 29.2 Å². The van der Waals surface area contributed by atoms with Crippen molar-refractivity contribution in [1.29, 1.82) is 0 Å². The van der Waals surface area contributed by atoms with Gasteiger partial charge in [-0.3, -0.25) is 14.5 Å². The highest BCUT2D eigenvalue weighted by Gasteiger charge is 2.36. The minimum absolute atomic E-state index is 0.186. The van der Waals surface area contributed by atoms with Crippen LogP contribution in [0.25, 0.3) is 16.0 Å². The lowest BCUT2D eigenvalue weighted by Crippen LogP contribution is -2.42. The fourth-order valence-corrected chi connectivity index (χ4v) is 6.13. The summed E-state index contributed by atoms with van der Waals surface area (Å²) >= 11 is 7.30. The Balaban J connectivity index is 1.39. The van der Waals surface area contributed by atoms with Crippen LogP contribution in [0.4, 0.5) is 5.69 Å². The molecule has 1 saturated carbocycles. The van der Waals surface area contributed by atoms with E-state index in [2.05, 4.69) is 25.1 Å². The predicted octanol–water partition coefficient (Wildman–Crippen LogP) is 3.65. The molecule has 0 saturated heterocycles. The lowest BCUT2D eigenvalue weighted by atomic mass is 9.95. The molecular formula is C23H23ClN6O4S2. The molecule has 0 aliphatic heterocycles. The normalized spacial score (nSPS) is 15.1. The van der Waals surface area contributed by atoms with Crippen molar-refractivity contribution >= 4 is 50.1 Å². The number of hydrogen-bond acceptors (Lipinski definition) is 8. The van der Waals surface area contributed by atoms with Gasteiger partial charge in [0.1, 0.15) is 0 Å². The Labute approximate surface area is 216 Å². The largest absolute Gasteiger partial charge is 0.388 e. The average Bonchev–Trinajstić information content (AvgIpc) is 3.43. The van der Waals surface area contributed by atoms with Crippen molar-refractivity contribution in [1.82, 2.24) is 24.9 Å². The number of amides is 1. The Kier molecular flexibility index (Phi) is 6.23. The number of anilines is 1. The quantitative estimate of drug-likeness (QED) is 0.306. The summed E-state index contributed by atoms with van der Waals surface area (Å²) in [5, 5.41) is 18.3. The van der Waals surface area contributed by atoms with Crippen molar-refractivity contribution in [2.24, 2.45) is 0 Å². The first-order chi connectivity index (χ1) is 17.0. The molecule has 13 heteroatoms. The molecule has 1 aliphatic rings. The van der Waals surface area contributed by atoms with Crippen LogP contribution >= 0.6 is 22.9 Å². The first kappa shape index (κ1) is 24.6. The maximum Gasteiger partial charge on any atom is 0.280 e. The van der Waals surface area contributed by atoms with E-state index in [9.17, 15) is 18.3 Å². The Morgan fingerprint density at radius 1 is 1.25 bits per heavy atom. The number of sulfonamides is 1. The van der Waals surface area contributed by atoms with Crippen LogP contribution in [0.5, 0.6) is 0 Å². The SMILES string of the molecule is CC(C)(O)[C@@H](NC(=O)c1ncc(-c2cnn3ccc(Cl)cc23)s1)c1cc(NS(=O)(=O)C2CC2)ccn1. The second-order valence-corrected chi connectivity index (χ2v) is 12.6. The second-order valence-electron chi connectivity index (χ2n) is 9.14. The summed E-state index contributed by atoms with van der Waals surface area (Å²) < 4.78 is 28.9. The number of nitrogens with zero attached hydrogens (tertiary/aromatic N) is 4. The number of nitrogens with one attached hydrogen (secondary N) is 2. The molecule has 36 heavy (non-hydrogen) atoms. The number of pyridine rings is 2. The summed E-state index contributed by atoms with van der Waals surface area (Å²) in [6.07, 6.45) is 7.71. The van der Waals surface area contributed by atoms with E-state index < -0.39 is 27.6 Å². The van der Waals surface area contributed by atoms with Gasteiger partial charge in [0, 0.05) is 29.2 Å². The van der Waals surface area contributed by atoms with Crippen molar-refractivity contribution in [2.45, 2.75) is 43.6 Å². The van der Waals surface area contributed by atoms with Gasteiger partial charge in [0.05, 0.1) is 44.9 Å². The predicted molar refractivity (Wildman–Crippen MR) is 138 cm³/mol. The topological polar surface area (TPSA) is 139 Å². The molecule has 4 aromatic rings. The zero-order valence-electron chi connectivity index (χ0n) is 19.3. The van der Waals surface area contributed by atoms with Gasteiger partial charge in [0.15, 0.2) is 5.01 Å². The molecule has 0 unspecified atom stereocenters. The fourth-order valence-electron chi connectivity index (χ4n) is 3.75. The highest BCUT2D eigenvalue weighted by atomic mass is 35.5. The van der Waals surface area contributed by atoms with E-state index >= 15 is 0 Å². The standard InChI is InChI=1S/C23H23ClN6O4S2/c1-23(2,32)20(17-10-14(5-7-25-17)29-36(33,34)15-3-4-15)28-21(31)22-26-12-19(35-22)16-11-27-30-8-6-13(24)9-18(16)30/h5-12,15,20,32H,3-4H2,1-2H3,(H,25,29)(H,28,31)/t20-/m0/s1. The van der Waals surface area contributed by atoms with Crippen LogP contribution in [0.15, 0.2) is 49.1 Å². The molecule has 3 N–H and O–H groups in total.